The standard InChI is InChI=1S/C15H20BrN3O2/c1-18(2)15(21)19-8-4-5-11(10-19)14(20)17-13-7-3-6-12(16)9-13/h3,6-7,9,11H,4-5,8,10H2,1-2H3,(H,17,20)/t11-/m1/s1. The van der Waals surface area contributed by atoms with E-state index in [0.717, 1.165) is 29.5 Å². The summed E-state index contributed by atoms with van der Waals surface area (Å²) < 4.78 is 0.924. The van der Waals surface area contributed by atoms with Crippen molar-refractivity contribution in [2.24, 2.45) is 5.92 Å². The van der Waals surface area contributed by atoms with Gasteiger partial charge >= 0.3 is 6.03 Å². The van der Waals surface area contributed by atoms with Crippen LogP contribution in [0.4, 0.5) is 10.5 Å². The lowest BCUT2D eigenvalue weighted by atomic mass is 9.97. The highest BCUT2D eigenvalue weighted by molar-refractivity contribution is 9.10. The predicted octanol–water partition coefficient (Wildman–Crippen LogP) is 2.78. The van der Waals surface area contributed by atoms with E-state index in [4.69, 9.17) is 0 Å². The number of hydrogen-bond acceptors (Lipinski definition) is 2. The second-order valence-electron chi connectivity index (χ2n) is 5.46. The molecule has 5 nitrogen and oxygen atoms in total. The fourth-order valence-electron chi connectivity index (χ4n) is 2.46. The van der Waals surface area contributed by atoms with Gasteiger partial charge in [0.05, 0.1) is 5.92 Å². The number of piperidine rings is 1. The number of nitrogens with zero attached hydrogens (tertiary/aromatic N) is 2. The van der Waals surface area contributed by atoms with Crippen molar-refractivity contribution in [3.05, 3.63) is 28.7 Å². The number of halogens is 1. The minimum Gasteiger partial charge on any atom is -0.331 e. The first-order valence-electron chi connectivity index (χ1n) is 7.00. The van der Waals surface area contributed by atoms with Crippen molar-refractivity contribution in [2.45, 2.75) is 12.8 Å². The summed E-state index contributed by atoms with van der Waals surface area (Å²) in [5.41, 5.74) is 0.769. The van der Waals surface area contributed by atoms with Gasteiger partial charge in [-0.15, -0.1) is 0 Å². The van der Waals surface area contributed by atoms with E-state index in [1.165, 1.54) is 0 Å². The van der Waals surface area contributed by atoms with Crippen LogP contribution in [0.1, 0.15) is 12.8 Å². The number of nitrogens with one attached hydrogen (secondary N) is 1. The Kier molecular flexibility index (Phi) is 5.22. The molecule has 1 heterocycles. The molecule has 0 saturated carbocycles. The van der Waals surface area contributed by atoms with Crippen LogP contribution in [0.2, 0.25) is 0 Å². The highest BCUT2D eigenvalue weighted by Crippen LogP contribution is 2.21. The Morgan fingerprint density at radius 2 is 2.14 bits per heavy atom. The number of rotatable bonds is 2. The SMILES string of the molecule is CN(C)C(=O)N1CCC[C@@H](C(=O)Nc2cccc(Br)c2)C1. The molecule has 21 heavy (non-hydrogen) atoms. The van der Waals surface area contributed by atoms with Crippen LogP contribution in [-0.2, 0) is 4.79 Å². The molecule has 1 aromatic rings. The molecule has 1 saturated heterocycles. The molecule has 0 aliphatic carbocycles. The van der Waals surface area contributed by atoms with Crippen LogP contribution in [0.3, 0.4) is 0 Å². The van der Waals surface area contributed by atoms with Gasteiger partial charge in [-0.3, -0.25) is 4.79 Å². The molecule has 1 fully saturated rings. The van der Waals surface area contributed by atoms with Crippen LogP contribution < -0.4 is 5.32 Å². The van der Waals surface area contributed by atoms with Crippen molar-refractivity contribution in [1.82, 2.24) is 9.80 Å². The van der Waals surface area contributed by atoms with Gasteiger partial charge in [0.25, 0.3) is 0 Å². The Hall–Kier alpha value is -1.56. The summed E-state index contributed by atoms with van der Waals surface area (Å²) in [5.74, 6) is -0.175. The summed E-state index contributed by atoms with van der Waals surface area (Å²) in [7, 11) is 3.46. The largest absolute Gasteiger partial charge is 0.331 e. The summed E-state index contributed by atoms with van der Waals surface area (Å²) in [4.78, 5) is 27.6. The zero-order valence-corrected chi connectivity index (χ0v) is 13.9. The zero-order chi connectivity index (χ0) is 15.4. The number of urea groups is 1. The molecule has 0 radical (unpaired) electrons. The molecule has 1 aromatic carbocycles. The molecule has 6 heteroatoms. The molecule has 1 aliphatic heterocycles. The average molecular weight is 354 g/mol. The minimum absolute atomic E-state index is 0.0237. The topological polar surface area (TPSA) is 52.7 Å². The van der Waals surface area contributed by atoms with E-state index in [1.54, 1.807) is 23.9 Å². The van der Waals surface area contributed by atoms with E-state index in [0.29, 0.717) is 6.54 Å². The number of carbonyl (C=O) groups excluding carboxylic acids is 2. The Morgan fingerprint density at radius 3 is 2.81 bits per heavy atom. The summed E-state index contributed by atoms with van der Waals surface area (Å²) in [5, 5.41) is 2.92. The third kappa shape index (κ3) is 4.20. The Balaban J connectivity index is 1.97. The van der Waals surface area contributed by atoms with Crippen molar-refractivity contribution in [3.63, 3.8) is 0 Å². The number of hydrogen-bond donors (Lipinski definition) is 1. The third-order valence-corrected chi connectivity index (χ3v) is 4.03. The first-order chi connectivity index (χ1) is 9.97. The summed E-state index contributed by atoms with van der Waals surface area (Å²) in [6, 6.07) is 7.48. The van der Waals surface area contributed by atoms with Crippen LogP contribution in [0.15, 0.2) is 28.7 Å². The monoisotopic (exact) mass is 353 g/mol. The molecule has 1 aliphatic rings. The fourth-order valence-corrected chi connectivity index (χ4v) is 2.86. The quantitative estimate of drug-likeness (QED) is 0.888. The molecule has 1 N–H and O–H groups in total. The molecule has 114 valence electrons. The zero-order valence-electron chi connectivity index (χ0n) is 12.3. The Bertz CT molecular complexity index is 533. The number of benzene rings is 1. The van der Waals surface area contributed by atoms with Crippen LogP contribution in [0, 0.1) is 5.92 Å². The Morgan fingerprint density at radius 1 is 1.38 bits per heavy atom. The maximum absolute atomic E-state index is 12.3. The van der Waals surface area contributed by atoms with E-state index in [9.17, 15) is 9.59 Å². The van der Waals surface area contributed by atoms with E-state index < -0.39 is 0 Å². The van der Waals surface area contributed by atoms with Gasteiger partial charge in [-0.1, -0.05) is 22.0 Å². The first kappa shape index (κ1) is 15.8. The molecule has 3 amide bonds. The highest BCUT2D eigenvalue weighted by atomic mass is 79.9. The van der Waals surface area contributed by atoms with Crippen molar-refractivity contribution >= 4 is 33.6 Å². The number of likely N-dealkylation sites (tertiary alicyclic amines) is 1. The molecule has 2 rings (SSSR count). The summed E-state index contributed by atoms with van der Waals surface area (Å²) >= 11 is 3.38. The maximum atomic E-state index is 12.3. The predicted molar refractivity (Wildman–Crippen MR) is 86.2 cm³/mol. The normalized spacial score (nSPS) is 18.2. The number of amides is 3. The van der Waals surface area contributed by atoms with E-state index in [2.05, 4.69) is 21.2 Å². The van der Waals surface area contributed by atoms with E-state index in [-0.39, 0.29) is 17.9 Å². The van der Waals surface area contributed by atoms with Crippen molar-refractivity contribution < 1.29 is 9.59 Å². The van der Waals surface area contributed by atoms with Gasteiger partial charge in [0.1, 0.15) is 0 Å². The van der Waals surface area contributed by atoms with Gasteiger partial charge < -0.3 is 15.1 Å². The molecule has 1 atom stereocenters. The van der Waals surface area contributed by atoms with Gasteiger partial charge in [-0.2, -0.15) is 0 Å². The number of anilines is 1. The third-order valence-electron chi connectivity index (χ3n) is 3.54. The lowest BCUT2D eigenvalue weighted by molar-refractivity contribution is -0.121. The second kappa shape index (κ2) is 6.93. The highest BCUT2D eigenvalue weighted by Gasteiger charge is 2.29. The summed E-state index contributed by atoms with van der Waals surface area (Å²) in [6.07, 6.45) is 1.67. The molecular weight excluding hydrogens is 334 g/mol. The van der Waals surface area contributed by atoms with E-state index >= 15 is 0 Å². The smallest absolute Gasteiger partial charge is 0.319 e. The van der Waals surface area contributed by atoms with Crippen molar-refractivity contribution in [1.29, 1.82) is 0 Å². The van der Waals surface area contributed by atoms with Crippen LogP contribution in [0.25, 0.3) is 0 Å². The fraction of sp³-hybridized carbons (Fsp3) is 0.467. The summed E-state index contributed by atoms with van der Waals surface area (Å²) in [6.45, 7) is 1.20. The average Bonchev–Trinajstić information content (AvgIpc) is 2.46. The van der Waals surface area contributed by atoms with Gasteiger partial charge in [-0.05, 0) is 31.0 Å². The molecule has 0 spiro atoms. The minimum atomic E-state index is -0.151. The van der Waals surface area contributed by atoms with Crippen molar-refractivity contribution in [3.8, 4) is 0 Å². The van der Waals surface area contributed by atoms with Gasteiger partial charge in [-0.25, -0.2) is 4.79 Å². The van der Waals surface area contributed by atoms with E-state index in [1.807, 2.05) is 24.3 Å². The maximum Gasteiger partial charge on any atom is 0.319 e. The van der Waals surface area contributed by atoms with Crippen LogP contribution >= 0.6 is 15.9 Å². The lowest BCUT2D eigenvalue weighted by Gasteiger charge is -2.33. The number of carbonyl (C=O) groups is 2. The molecule has 0 bridgehead atoms. The lowest BCUT2D eigenvalue weighted by Crippen LogP contribution is -2.47. The van der Waals surface area contributed by atoms with Crippen molar-refractivity contribution in [2.75, 3.05) is 32.5 Å². The van der Waals surface area contributed by atoms with Gasteiger partial charge in [0.2, 0.25) is 5.91 Å². The van der Waals surface area contributed by atoms with Crippen LogP contribution in [-0.4, -0.2) is 48.9 Å². The van der Waals surface area contributed by atoms with Gasteiger partial charge in [0.15, 0.2) is 0 Å². The Labute approximate surface area is 133 Å². The molecular formula is C15H20BrN3O2. The first-order valence-corrected chi connectivity index (χ1v) is 7.79. The van der Waals surface area contributed by atoms with Crippen LogP contribution in [0.5, 0.6) is 0 Å². The van der Waals surface area contributed by atoms with Gasteiger partial charge in [0, 0.05) is 37.3 Å². The molecule has 0 aromatic heterocycles. The second-order valence-corrected chi connectivity index (χ2v) is 6.38. The molecule has 0 unspecified atom stereocenters.